The summed E-state index contributed by atoms with van der Waals surface area (Å²) in [7, 11) is 0. The molecule has 0 aliphatic rings. The summed E-state index contributed by atoms with van der Waals surface area (Å²) in [5.74, 6) is 1.39. The summed E-state index contributed by atoms with van der Waals surface area (Å²) in [5.41, 5.74) is 1.45. The summed E-state index contributed by atoms with van der Waals surface area (Å²) < 4.78 is 0. The summed E-state index contributed by atoms with van der Waals surface area (Å²) >= 11 is 6.23. The Balaban J connectivity index is 1.99. The van der Waals surface area contributed by atoms with Gasteiger partial charge in [0.15, 0.2) is 5.65 Å². The van der Waals surface area contributed by atoms with E-state index in [1.54, 1.807) is 12.4 Å². The molecule has 2 heterocycles. The average Bonchev–Trinajstić information content (AvgIpc) is 2.35. The molecule has 0 saturated carbocycles. The van der Waals surface area contributed by atoms with Crippen LogP contribution < -0.4 is 5.32 Å². The van der Waals surface area contributed by atoms with Crippen LogP contribution in [0.25, 0.3) is 11.2 Å². The molecule has 1 N–H and O–H groups in total. The Labute approximate surface area is 112 Å². The predicted octanol–water partition coefficient (Wildman–Crippen LogP) is 3.09. The molecule has 0 spiro atoms. The van der Waals surface area contributed by atoms with Gasteiger partial charge in [0.05, 0.1) is 5.38 Å². The maximum atomic E-state index is 6.23. The van der Waals surface area contributed by atoms with Crippen molar-refractivity contribution in [3.05, 3.63) is 24.5 Å². The summed E-state index contributed by atoms with van der Waals surface area (Å²) in [4.78, 5) is 12.7. The number of aromatic nitrogens is 3. The highest BCUT2D eigenvalue weighted by Gasteiger charge is 2.07. The Kier molecular flexibility index (Phi) is 4.31. The van der Waals surface area contributed by atoms with E-state index >= 15 is 0 Å². The van der Waals surface area contributed by atoms with Gasteiger partial charge in [-0.05, 0) is 24.5 Å². The van der Waals surface area contributed by atoms with Crippen LogP contribution in [0.3, 0.4) is 0 Å². The molecule has 0 aliphatic carbocycles. The van der Waals surface area contributed by atoms with E-state index in [-0.39, 0.29) is 5.38 Å². The molecule has 4 nitrogen and oxygen atoms in total. The molecule has 2 aromatic rings. The average molecular weight is 265 g/mol. The summed E-state index contributed by atoms with van der Waals surface area (Å²) in [6.45, 7) is 5.04. The second kappa shape index (κ2) is 5.96. The fourth-order valence-electron chi connectivity index (χ4n) is 1.76. The first-order valence-electron chi connectivity index (χ1n) is 6.11. The van der Waals surface area contributed by atoms with Gasteiger partial charge in [-0.1, -0.05) is 13.8 Å². The van der Waals surface area contributed by atoms with Gasteiger partial charge in [0.2, 0.25) is 0 Å². The number of nitrogens with one attached hydrogen (secondary N) is 1. The van der Waals surface area contributed by atoms with Gasteiger partial charge in [0.1, 0.15) is 11.3 Å². The lowest BCUT2D eigenvalue weighted by Gasteiger charge is -2.13. The number of hydrogen-bond acceptors (Lipinski definition) is 4. The molecule has 2 aromatic heterocycles. The highest BCUT2D eigenvalue weighted by molar-refractivity contribution is 6.20. The molecule has 96 valence electrons. The number of anilines is 1. The number of pyridine rings is 1. The molecular formula is C13H17ClN4. The number of rotatable bonds is 5. The van der Waals surface area contributed by atoms with Crippen molar-refractivity contribution in [2.75, 3.05) is 11.9 Å². The lowest BCUT2D eigenvalue weighted by Crippen LogP contribution is -2.16. The molecule has 2 rings (SSSR count). The van der Waals surface area contributed by atoms with Crippen molar-refractivity contribution in [1.82, 2.24) is 15.0 Å². The van der Waals surface area contributed by atoms with Crippen LogP contribution in [0.1, 0.15) is 20.3 Å². The first-order chi connectivity index (χ1) is 8.65. The fourth-order valence-corrected chi connectivity index (χ4v) is 2.20. The van der Waals surface area contributed by atoms with Gasteiger partial charge in [0.25, 0.3) is 0 Å². The molecular weight excluding hydrogens is 248 g/mol. The highest BCUT2D eigenvalue weighted by Crippen LogP contribution is 2.13. The van der Waals surface area contributed by atoms with Crippen molar-refractivity contribution in [2.45, 2.75) is 25.6 Å². The molecule has 5 heteroatoms. The van der Waals surface area contributed by atoms with Crippen molar-refractivity contribution >= 4 is 28.6 Å². The van der Waals surface area contributed by atoms with Crippen LogP contribution >= 0.6 is 11.6 Å². The monoisotopic (exact) mass is 264 g/mol. The van der Waals surface area contributed by atoms with E-state index < -0.39 is 0 Å². The van der Waals surface area contributed by atoms with Crippen molar-refractivity contribution in [1.29, 1.82) is 0 Å². The molecule has 0 saturated heterocycles. The Morgan fingerprint density at radius 3 is 2.78 bits per heavy atom. The van der Waals surface area contributed by atoms with Gasteiger partial charge in [-0.15, -0.1) is 11.6 Å². The normalized spacial score (nSPS) is 12.9. The molecule has 0 fully saturated rings. The van der Waals surface area contributed by atoms with Gasteiger partial charge in [0, 0.05) is 18.9 Å². The predicted molar refractivity (Wildman–Crippen MR) is 74.9 cm³/mol. The minimum absolute atomic E-state index is 0.115. The molecule has 18 heavy (non-hydrogen) atoms. The maximum Gasteiger partial charge on any atom is 0.180 e. The van der Waals surface area contributed by atoms with Gasteiger partial charge < -0.3 is 5.32 Å². The highest BCUT2D eigenvalue weighted by atomic mass is 35.5. The van der Waals surface area contributed by atoms with E-state index in [1.807, 2.05) is 12.1 Å². The minimum Gasteiger partial charge on any atom is -0.369 e. The standard InChI is InChI=1S/C13H17ClN4/c1-9(2)7-10(14)8-17-12-4-3-11-13(18-12)16-6-5-15-11/h3-6,9-10H,7-8H2,1-2H3,(H,16,17,18). The smallest absolute Gasteiger partial charge is 0.180 e. The second-order valence-electron chi connectivity index (χ2n) is 4.70. The Bertz CT molecular complexity index is 515. The third-order valence-electron chi connectivity index (χ3n) is 2.56. The lowest BCUT2D eigenvalue weighted by atomic mass is 10.1. The zero-order valence-electron chi connectivity index (χ0n) is 10.6. The van der Waals surface area contributed by atoms with E-state index in [9.17, 15) is 0 Å². The quantitative estimate of drug-likeness (QED) is 0.843. The molecule has 0 aliphatic heterocycles. The van der Waals surface area contributed by atoms with Crippen LogP contribution in [0.5, 0.6) is 0 Å². The molecule has 0 aromatic carbocycles. The fraction of sp³-hybridized carbons (Fsp3) is 0.462. The van der Waals surface area contributed by atoms with Crippen LogP contribution in [0.4, 0.5) is 5.82 Å². The first-order valence-corrected chi connectivity index (χ1v) is 6.54. The summed E-state index contributed by atoms with van der Waals surface area (Å²) in [6, 6.07) is 3.80. The number of nitrogens with zero attached hydrogens (tertiary/aromatic N) is 3. The van der Waals surface area contributed by atoms with Crippen LogP contribution in [-0.4, -0.2) is 26.9 Å². The van der Waals surface area contributed by atoms with E-state index in [4.69, 9.17) is 11.6 Å². The number of hydrogen-bond donors (Lipinski definition) is 1. The minimum atomic E-state index is 0.115. The van der Waals surface area contributed by atoms with E-state index in [0.29, 0.717) is 18.1 Å². The van der Waals surface area contributed by atoms with Crippen molar-refractivity contribution in [2.24, 2.45) is 5.92 Å². The van der Waals surface area contributed by atoms with Crippen LogP contribution in [0.15, 0.2) is 24.5 Å². The van der Waals surface area contributed by atoms with E-state index in [1.165, 1.54) is 0 Å². The number of alkyl halides is 1. The summed E-state index contributed by atoms with van der Waals surface area (Å²) in [5, 5.41) is 3.35. The van der Waals surface area contributed by atoms with Gasteiger partial charge in [-0.2, -0.15) is 0 Å². The van der Waals surface area contributed by atoms with Gasteiger partial charge in [-0.3, -0.25) is 4.98 Å². The van der Waals surface area contributed by atoms with Gasteiger partial charge in [-0.25, -0.2) is 9.97 Å². The largest absolute Gasteiger partial charge is 0.369 e. The van der Waals surface area contributed by atoms with E-state index in [0.717, 1.165) is 17.8 Å². The zero-order chi connectivity index (χ0) is 13.0. The molecule has 1 atom stereocenters. The summed E-state index contributed by atoms with van der Waals surface area (Å²) in [6.07, 6.45) is 4.29. The Hall–Kier alpha value is -1.42. The molecule has 0 amide bonds. The number of halogens is 1. The van der Waals surface area contributed by atoms with Crippen LogP contribution in [-0.2, 0) is 0 Å². The lowest BCUT2D eigenvalue weighted by molar-refractivity contribution is 0.572. The molecule has 0 bridgehead atoms. The van der Waals surface area contributed by atoms with Crippen molar-refractivity contribution in [3.8, 4) is 0 Å². The topological polar surface area (TPSA) is 50.7 Å². The molecule has 0 radical (unpaired) electrons. The van der Waals surface area contributed by atoms with Crippen LogP contribution in [0, 0.1) is 5.92 Å². The van der Waals surface area contributed by atoms with Crippen LogP contribution in [0.2, 0.25) is 0 Å². The Morgan fingerprint density at radius 1 is 1.22 bits per heavy atom. The molecule has 1 unspecified atom stereocenters. The van der Waals surface area contributed by atoms with E-state index in [2.05, 4.69) is 34.1 Å². The maximum absolute atomic E-state index is 6.23. The van der Waals surface area contributed by atoms with Crippen molar-refractivity contribution < 1.29 is 0 Å². The Morgan fingerprint density at radius 2 is 2.00 bits per heavy atom. The second-order valence-corrected chi connectivity index (χ2v) is 5.32. The third-order valence-corrected chi connectivity index (χ3v) is 2.90. The first kappa shape index (κ1) is 13.0. The third kappa shape index (κ3) is 3.53. The number of fused-ring (bicyclic) bond motifs is 1. The van der Waals surface area contributed by atoms with Crippen molar-refractivity contribution in [3.63, 3.8) is 0 Å². The SMILES string of the molecule is CC(C)CC(Cl)CNc1ccc2nccnc2n1. The zero-order valence-corrected chi connectivity index (χ0v) is 11.4. The van der Waals surface area contributed by atoms with Gasteiger partial charge >= 0.3 is 0 Å².